The minimum absolute atomic E-state index is 0.0472. The molecule has 1 heterocycles. The fraction of sp³-hybridized carbons (Fsp3) is 0.364. The summed E-state index contributed by atoms with van der Waals surface area (Å²) in [6.45, 7) is 14.5. The van der Waals surface area contributed by atoms with Gasteiger partial charge in [0.05, 0.1) is 12.3 Å². The molecule has 0 amide bonds. The van der Waals surface area contributed by atoms with Crippen LogP contribution < -0.4 is 11.2 Å². The van der Waals surface area contributed by atoms with E-state index in [-0.39, 0.29) is 12.3 Å². The van der Waals surface area contributed by atoms with Gasteiger partial charge < -0.3 is 4.74 Å². The van der Waals surface area contributed by atoms with E-state index in [0.717, 1.165) is 22.3 Å². The van der Waals surface area contributed by atoms with Gasteiger partial charge in [0.1, 0.15) is 6.73 Å². The number of hydrogen-bond acceptors (Lipinski definition) is 3. The van der Waals surface area contributed by atoms with Crippen LogP contribution in [0.1, 0.15) is 48.7 Å². The Hall–Kier alpha value is -2.66. The van der Waals surface area contributed by atoms with E-state index >= 15 is 0 Å². The Kier molecular flexibility index (Phi) is 6.75. The molecular formula is C22H28N2O3. The average molecular weight is 368 g/mol. The van der Waals surface area contributed by atoms with E-state index in [4.69, 9.17) is 4.74 Å². The molecule has 0 bridgehead atoms. The van der Waals surface area contributed by atoms with Gasteiger partial charge in [-0.1, -0.05) is 54.5 Å². The number of allylic oxidation sites excluding steroid dienone is 1. The van der Waals surface area contributed by atoms with Crippen molar-refractivity contribution in [3.05, 3.63) is 85.2 Å². The van der Waals surface area contributed by atoms with Crippen molar-refractivity contribution in [3.63, 3.8) is 0 Å². The molecule has 1 N–H and O–H groups in total. The van der Waals surface area contributed by atoms with E-state index in [2.05, 4.69) is 17.6 Å². The third-order valence-electron chi connectivity index (χ3n) is 4.33. The van der Waals surface area contributed by atoms with Crippen molar-refractivity contribution in [1.82, 2.24) is 9.55 Å². The Balaban J connectivity index is 2.57. The summed E-state index contributed by atoms with van der Waals surface area (Å²) in [5.74, 6) is 0. The van der Waals surface area contributed by atoms with Crippen LogP contribution >= 0.6 is 0 Å². The molecule has 0 radical (unpaired) electrons. The number of aromatic amines is 1. The van der Waals surface area contributed by atoms with Crippen molar-refractivity contribution in [1.29, 1.82) is 0 Å². The van der Waals surface area contributed by atoms with Crippen molar-refractivity contribution in [3.8, 4) is 0 Å². The summed E-state index contributed by atoms with van der Waals surface area (Å²) in [7, 11) is 0. The second-order valence-electron chi connectivity index (χ2n) is 7.00. The summed E-state index contributed by atoms with van der Waals surface area (Å²) in [4.78, 5) is 27.3. The van der Waals surface area contributed by atoms with Crippen LogP contribution in [0.4, 0.5) is 0 Å². The molecule has 2 rings (SSSR count). The molecule has 0 aliphatic carbocycles. The highest BCUT2D eigenvalue weighted by molar-refractivity contribution is 5.78. The molecule has 0 saturated carbocycles. The summed E-state index contributed by atoms with van der Waals surface area (Å²) >= 11 is 0. The Bertz CT molecular complexity index is 969. The number of rotatable bonds is 7. The number of benzene rings is 1. The van der Waals surface area contributed by atoms with Gasteiger partial charge in [-0.2, -0.15) is 0 Å². The predicted molar refractivity (Wildman–Crippen MR) is 110 cm³/mol. The molecule has 0 saturated heterocycles. The zero-order chi connectivity index (χ0) is 20.1. The van der Waals surface area contributed by atoms with Crippen molar-refractivity contribution in [2.45, 2.75) is 47.8 Å². The summed E-state index contributed by atoms with van der Waals surface area (Å²) in [5, 5.41) is 0. The summed E-state index contributed by atoms with van der Waals surface area (Å²) in [6.07, 6.45) is 2.43. The van der Waals surface area contributed by atoms with Crippen molar-refractivity contribution in [2.24, 2.45) is 0 Å². The first-order valence-corrected chi connectivity index (χ1v) is 9.09. The SMILES string of the molecule is C=C(c1cc(C)cc(C)c1)c1c(CC)c(=O)[nH]c(=O)n1COCC=C(C)C. The van der Waals surface area contributed by atoms with Gasteiger partial charge in [-0.25, -0.2) is 4.79 Å². The standard InChI is InChI=1S/C22H28N2O3/c1-7-19-20(17(6)18-11-15(4)10-16(5)12-18)24(22(26)23-21(19)25)13-27-9-8-14(2)3/h8,10-12H,6-7,9,13H2,1-5H3,(H,23,25,26). The van der Waals surface area contributed by atoms with Gasteiger partial charge in [-0.3, -0.25) is 14.3 Å². The van der Waals surface area contributed by atoms with Gasteiger partial charge in [-0.15, -0.1) is 0 Å². The van der Waals surface area contributed by atoms with E-state index in [9.17, 15) is 9.59 Å². The van der Waals surface area contributed by atoms with Crippen LogP contribution in [-0.4, -0.2) is 16.2 Å². The highest BCUT2D eigenvalue weighted by Gasteiger charge is 2.18. The highest BCUT2D eigenvalue weighted by Crippen LogP contribution is 2.25. The van der Waals surface area contributed by atoms with Gasteiger partial charge in [0.15, 0.2) is 0 Å². The number of aromatic nitrogens is 2. The molecule has 5 nitrogen and oxygen atoms in total. The van der Waals surface area contributed by atoms with E-state index in [1.54, 1.807) is 0 Å². The van der Waals surface area contributed by atoms with Crippen LogP contribution in [0.2, 0.25) is 0 Å². The largest absolute Gasteiger partial charge is 0.357 e. The molecule has 27 heavy (non-hydrogen) atoms. The molecule has 0 aliphatic rings. The molecule has 0 unspecified atom stereocenters. The van der Waals surface area contributed by atoms with Gasteiger partial charge in [-0.05, 0) is 45.3 Å². The maximum atomic E-state index is 12.5. The molecule has 5 heteroatoms. The lowest BCUT2D eigenvalue weighted by atomic mass is 9.96. The topological polar surface area (TPSA) is 64.1 Å². The fourth-order valence-corrected chi connectivity index (χ4v) is 3.06. The maximum absolute atomic E-state index is 12.5. The zero-order valence-corrected chi connectivity index (χ0v) is 16.8. The van der Waals surface area contributed by atoms with E-state index in [0.29, 0.717) is 29.9 Å². The first kappa shape index (κ1) is 20.6. The van der Waals surface area contributed by atoms with E-state index in [1.807, 2.05) is 52.8 Å². The van der Waals surface area contributed by atoms with Crippen LogP contribution in [0.15, 0.2) is 46.0 Å². The Morgan fingerprint density at radius 1 is 1.19 bits per heavy atom. The van der Waals surface area contributed by atoms with Gasteiger partial charge in [0, 0.05) is 5.56 Å². The molecule has 0 fully saturated rings. The summed E-state index contributed by atoms with van der Waals surface area (Å²) in [5.41, 5.74) is 5.08. The minimum Gasteiger partial charge on any atom is -0.357 e. The molecule has 0 atom stereocenters. The second-order valence-corrected chi connectivity index (χ2v) is 7.00. The molecular weight excluding hydrogens is 340 g/mol. The third kappa shape index (κ3) is 4.95. The average Bonchev–Trinajstić information content (AvgIpc) is 2.57. The Morgan fingerprint density at radius 3 is 2.37 bits per heavy atom. The monoisotopic (exact) mass is 368 g/mol. The van der Waals surface area contributed by atoms with Crippen molar-refractivity contribution < 1.29 is 4.74 Å². The van der Waals surface area contributed by atoms with Crippen LogP contribution in [0.3, 0.4) is 0 Å². The highest BCUT2D eigenvalue weighted by atomic mass is 16.5. The quantitative estimate of drug-likeness (QED) is 0.598. The number of nitrogens with one attached hydrogen (secondary N) is 1. The Labute approximate surface area is 160 Å². The predicted octanol–water partition coefficient (Wildman–Crippen LogP) is 3.72. The molecule has 144 valence electrons. The molecule has 0 spiro atoms. The fourth-order valence-electron chi connectivity index (χ4n) is 3.06. The lowest BCUT2D eigenvalue weighted by molar-refractivity contribution is 0.0952. The summed E-state index contributed by atoms with van der Waals surface area (Å²) in [6, 6.07) is 6.09. The van der Waals surface area contributed by atoms with Crippen LogP contribution in [0, 0.1) is 13.8 Å². The summed E-state index contributed by atoms with van der Waals surface area (Å²) < 4.78 is 7.11. The Morgan fingerprint density at radius 2 is 1.81 bits per heavy atom. The van der Waals surface area contributed by atoms with Gasteiger partial charge in [0.2, 0.25) is 0 Å². The van der Waals surface area contributed by atoms with E-state index in [1.165, 1.54) is 4.57 Å². The minimum atomic E-state index is -0.491. The first-order valence-electron chi connectivity index (χ1n) is 9.09. The lowest BCUT2D eigenvalue weighted by Crippen LogP contribution is -2.36. The van der Waals surface area contributed by atoms with Gasteiger partial charge >= 0.3 is 5.69 Å². The number of aryl methyl sites for hydroxylation is 2. The van der Waals surface area contributed by atoms with Crippen LogP contribution in [0.5, 0.6) is 0 Å². The molecule has 2 aromatic rings. The van der Waals surface area contributed by atoms with Crippen molar-refractivity contribution >= 4 is 5.57 Å². The molecule has 1 aromatic carbocycles. The van der Waals surface area contributed by atoms with Crippen molar-refractivity contribution in [2.75, 3.05) is 6.61 Å². The van der Waals surface area contributed by atoms with Crippen LogP contribution in [0.25, 0.3) is 5.57 Å². The zero-order valence-electron chi connectivity index (χ0n) is 16.8. The first-order chi connectivity index (χ1) is 12.7. The van der Waals surface area contributed by atoms with E-state index < -0.39 is 5.69 Å². The smallest absolute Gasteiger partial charge is 0.330 e. The normalized spacial score (nSPS) is 10.7. The number of nitrogens with zero attached hydrogens (tertiary/aromatic N) is 1. The molecule has 1 aromatic heterocycles. The number of hydrogen-bond donors (Lipinski definition) is 1. The van der Waals surface area contributed by atoms with Gasteiger partial charge in [0.25, 0.3) is 5.56 Å². The second kappa shape index (κ2) is 8.82. The van der Waals surface area contributed by atoms with Crippen LogP contribution in [-0.2, 0) is 17.9 Å². The molecule has 0 aliphatic heterocycles. The lowest BCUT2D eigenvalue weighted by Gasteiger charge is -2.18. The number of ether oxygens (including phenoxy) is 1. The maximum Gasteiger partial charge on any atom is 0.330 e. The third-order valence-corrected chi connectivity index (χ3v) is 4.33. The number of H-pyrrole nitrogens is 1.